The molecule has 2 aromatic rings. The van der Waals surface area contributed by atoms with Gasteiger partial charge in [0.2, 0.25) is 0 Å². The Morgan fingerprint density at radius 1 is 1.15 bits per heavy atom. The summed E-state index contributed by atoms with van der Waals surface area (Å²) in [6, 6.07) is 11.1. The molecule has 2 heteroatoms. The Bertz CT molecular complexity index is 530. The summed E-state index contributed by atoms with van der Waals surface area (Å²) in [5, 5.41) is 4.76. The largest absolute Gasteiger partial charge is 0.313 e. The Morgan fingerprint density at radius 3 is 2.65 bits per heavy atom. The van der Waals surface area contributed by atoms with E-state index in [-0.39, 0.29) is 0 Å². The fourth-order valence-corrected chi connectivity index (χ4v) is 3.10. The summed E-state index contributed by atoms with van der Waals surface area (Å²) in [5.74, 6) is 0.674. The van der Waals surface area contributed by atoms with E-state index >= 15 is 0 Å². The van der Waals surface area contributed by atoms with Crippen LogP contribution in [0.25, 0.3) is 10.9 Å². The van der Waals surface area contributed by atoms with Crippen molar-refractivity contribution < 1.29 is 0 Å². The third-order valence-corrected chi connectivity index (χ3v) is 4.23. The molecule has 0 saturated heterocycles. The average molecular weight is 270 g/mol. The first-order valence-electron chi connectivity index (χ1n) is 7.82. The second-order valence-corrected chi connectivity index (χ2v) is 5.50. The number of rotatable bonds is 7. The lowest BCUT2D eigenvalue weighted by Gasteiger charge is -2.27. The summed E-state index contributed by atoms with van der Waals surface area (Å²) in [6.45, 7) is 4.56. The van der Waals surface area contributed by atoms with E-state index in [0.29, 0.717) is 12.0 Å². The molecule has 0 aliphatic carbocycles. The van der Waals surface area contributed by atoms with E-state index in [4.69, 9.17) is 0 Å². The van der Waals surface area contributed by atoms with Gasteiger partial charge in [-0.15, -0.1) is 0 Å². The summed E-state index contributed by atoms with van der Waals surface area (Å²) < 4.78 is 0. The van der Waals surface area contributed by atoms with Crippen LogP contribution in [-0.2, 0) is 0 Å². The molecule has 2 rings (SSSR count). The highest BCUT2D eigenvalue weighted by atomic mass is 14.9. The van der Waals surface area contributed by atoms with Crippen molar-refractivity contribution >= 4 is 10.9 Å². The Hall–Kier alpha value is -1.41. The van der Waals surface area contributed by atoms with Gasteiger partial charge in [0.25, 0.3) is 0 Å². The zero-order valence-electron chi connectivity index (χ0n) is 12.9. The first-order chi connectivity index (χ1) is 9.81. The molecule has 0 spiro atoms. The van der Waals surface area contributed by atoms with Gasteiger partial charge >= 0.3 is 0 Å². The molecule has 1 aromatic carbocycles. The molecular formula is C18H26N2. The van der Waals surface area contributed by atoms with Gasteiger partial charge < -0.3 is 5.32 Å². The minimum Gasteiger partial charge on any atom is -0.313 e. The van der Waals surface area contributed by atoms with Crippen molar-refractivity contribution in [3.8, 4) is 0 Å². The smallest absolute Gasteiger partial charge is 0.0749 e. The summed E-state index contributed by atoms with van der Waals surface area (Å²) in [4.78, 5) is 4.61. The normalized spacial score (nSPS) is 14.3. The molecule has 1 N–H and O–H groups in total. The van der Waals surface area contributed by atoms with E-state index in [2.05, 4.69) is 55.5 Å². The zero-order valence-corrected chi connectivity index (χ0v) is 12.9. The van der Waals surface area contributed by atoms with Gasteiger partial charge in [-0.05, 0) is 31.0 Å². The summed E-state index contributed by atoms with van der Waals surface area (Å²) >= 11 is 0. The van der Waals surface area contributed by atoms with E-state index in [0.717, 1.165) is 5.52 Å². The van der Waals surface area contributed by atoms with Gasteiger partial charge in [0.05, 0.1) is 5.52 Å². The maximum Gasteiger partial charge on any atom is 0.0749 e. The quantitative estimate of drug-likeness (QED) is 0.788. The fraction of sp³-hybridized carbons (Fsp3) is 0.500. The number of pyridine rings is 1. The number of nitrogens with one attached hydrogen (secondary N) is 1. The third-order valence-electron chi connectivity index (χ3n) is 4.23. The zero-order chi connectivity index (χ0) is 14.4. The van der Waals surface area contributed by atoms with Crippen LogP contribution in [0.2, 0.25) is 0 Å². The lowest BCUT2D eigenvalue weighted by molar-refractivity contribution is 0.340. The molecule has 20 heavy (non-hydrogen) atoms. The number of fused-ring (bicyclic) bond motifs is 1. The van der Waals surface area contributed by atoms with Crippen LogP contribution >= 0.6 is 0 Å². The van der Waals surface area contributed by atoms with Gasteiger partial charge in [0.1, 0.15) is 0 Å². The SMILES string of the molecule is CCCCC(CC)C(NC)c1cccc2cccnc12. The van der Waals surface area contributed by atoms with Gasteiger partial charge in [-0.1, -0.05) is 57.4 Å². The Kier molecular flexibility index (Phi) is 5.54. The molecule has 1 heterocycles. The van der Waals surface area contributed by atoms with Crippen LogP contribution in [0.3, 0.4) is 0 Å². The van der Waals surface area contributed by atoms with E-state index in [1.807, 2.05) is 12.3 Å². The van der Waals surface area contributed by atoms with Crippen LogP contribution in [0, 0.1) is 5.92 Å². The molecule has 108 valence electrons. The highest BCUT2D eigenvalue weighted by Gasteiger charge is 2.21. The Balaban J connectivity index is 2.37. The molecule has 2 unspecified atom stereocenters. The molecular weight excluding hydrogens is 244 g/mol. The molecule has 0 aliphatic heterocycles. The van der Waals surface area contributed by atoms with Crippen LogP contribution in [0.1, 0.15) is 51.1 Å². The van der Waals surface area contributed by atoms with Crippen molar-refractivity contribution in [3.05, 3.63) is 42.1 Å². The van der Waals surface area contributed by atoms with E-state index in [9.17, 15) is 0 Å². The highest BCUT2D eigenvalue weighted by Crippen LogP contribution is 2.32. The van der Waals surface area contributed by atoms with E-state index < -0.39 is 0 Å². The predicted octanol–water partition coefficient (Wildman–Crippen LogP) is 4.71. The van der Waals surface area contributed by atoms with Crippen molar-refractivity contribution in [2.75, 3.05) is 7.05 Å². The van der Waals surface area contributed by atoms with E-state index in [1.54, 1.807) is 0 Å². The number of aromatic nitrogens is 1. The number of benzene rings is 1. The van der Waals surface area contributed by atoms with Crippen molar-refractivity contribution in [2.24, 2.45) is 5.92 Å². The summed E-state index contributed by atoms with van der Waals surface area (Å²) in [7, 11) is 2.07. The van der Waals surface area contributed by atoms with Gasteiger partial charge in [-0.25, -0.2) is 0 Å². The Morgan fingerprint density at radius 2 is 1.95 bits per heavy atom. The maximum absolute atomic E-state index is 4.61. The first-order valence-corrected chi connectivity index (χ1v) is 7.82. The lowest BCUT2D eigenvalue weighted by atomic mass is 9.86. The molecule has 2 atom stereocenters. The van der Waals surface area contributed by atoms with Crippen LogP contribution in [0.15, 0.2) is 36.5 Å². The number of unbranched alkanes of at least 4 members (excludes halogenated alkanes) is 1. The number of hydrogen-bond acceptors (Lipinski definition) is 2. The second-order valence-electron chi connectivity index (χ2n) is 5.50. The van der Waals surface area contributed by atoms with Gasteiger partial charge in [-0.3, -0.25) is 4.98 Å². The van der Waals surface area contributed by atoms with Crippen molar-refractivity contribution in [3.63, 3.8) is 0 Å². The highest BCUT2D eigenvalue weighted by molar-refractivity contribution is 5.82. The van der Waals surface area contributed by atoms with Crippen LogP contribution in [-0.4, -0.2) is 12.0 Å². The maximum atomic E-state index is 4.61. The Labute approximate surface area is 122 Å². The van der Waals surface area contributed by atoms with Crippen LogP contribution < -0.4 is 5.32 Å². The minimum absolute atomic E-state index is 0.394. The van der Waals surface area contributed by atoms with Crippen LogP contribution in [0.5, 0.6) is 0 Å². The monoisotopic (exact) mass is 270 g/mol. The van der Waals surface area contributed by atoms with Crippen molar-refractivity contribution in [2.45, 2.75) is 45.6 Å². The molecule has 0 bridgehead atoms. The molecule has 0 radical (unpaired) electrons. The number of para-hydroxylation sites is 1. The molecule has 0 saturated carbocycles. The lowest BCUT2D eigenvalue weighted by Crippen LogP contribution is -2.25. The van der Waals surface area contributed by atoms with Crippen LogP contribution in [0.4, 0.5) is 0 Å². The summed E-state index contributed by atoms with van der Waals surface area (Å²) in [6.07, 6.45) is 6.94. The van der Waals surface area contributed by atoms with E-state index in [1.165, 1.54) is 36.6 Å². The number of nitrogens with zero attached hydrogens (tertiary/aromatic N) is 1. The molecule has 0 amide bonds. The second kappa shape index (κ2) is 7.39. The van der Waals surface area contributed by atoms with Crippen molar-refractivity contribution in [1.29, 1.82) is 0 Å². The van der Waals surface area contributed by atoms with Crippen molar-refractivity contribution in [1.82, 2.24) is 10.3 Å². The molecule has 1 aromatic heterocycles. The molecule has 2 nitrogen and oxygen atoms in total. The predicted molar refractivity (Wildman–Crippen MR) is 86.8 cm³/mol. The molecule has 0 aliphatic rings. The average Bonchev–Trinajstić information content (AvgIpc) is 2.51. The topological polar surface area (TPSA) is 24.9 Å². The van der Waals surface area contributed by atoms with Gasteiger partial charge in [0, 0.05) is 17.6 Å². The summed E-state index contributed by atoms with van der Waals surface area (Å²) in [5.41, 5.74) is 2.48. The van der Waals surface area contributed by atoms with Gasteiger partial charge in [-0.2, -0.15) is 0 Å². The number of hydrogen-bond donors (Lipinski definition) is 1. The standard InChI is InChI=1S/C18H26N2/c1-4-6-9-14(5-2)17(19-3)16-12-7-10-15-11-8-13-20-18(15)16/h7-8,10-14,17,19H,4-6,9H2,1-3H3. The third kappa shape index (κ3) is 3.18. The minimum atomic E-state index is 0.394. The molecule has 0 fully saturated rings. The fourth-order valence-electron chi connectivity index (χ4n) is 3.10. The first kappa shape index (κ1) is 15.0. The van der Waals surface area contributed by atoms with Gasteiger partial charge in [0.15, 0.2) is 0 Å².